The first-order valence-corrected chi connectivity index (χ1v) is 8.37. The highest BCUT2D eigenvalue weighted by Crippen LogP contribution is 2.35. The molecule has 0 aromatic carbocycles. The van der Waals surface area contributed by atoms with Crippen molar-refractivity contribution in [3.63, 3.8) is 0 Å². The quantitative estimate of drug-likeness (QED) is 0.909. The molecule has 0 spiro atoms. The molecule has 0 saturated carbocycles. The number of carboxylic acid groups (broad SMARTS) is 1. The van der Waals surface area contributed by atoms with E-state index in [2.05, 4.69) is 16.8 Å². The molecule has 1 aromatic rings. The zero-order valence-electron chi connectivity index (χ0n) is 11.8. The van der Waals surface area contributed by atoms with Crippen molar-refractivity contribution in [2.45, 2.75) is 39.2 Å². The summed E-state index contributed by atoms with van der Waals surface area (Å²) < 4.78 is 0. The SMILES string of the molecule is CC1CSCCN1c1nc(C(C)(C)C)c(C(=O)O)s1. The average Bonchev–Trinajstić information content (AvgIpc) is 2.74. The van der Waals surface area contributed by atoms with Crippen LogP contribution < -0.4 is 4.90 Å². The second kappa shape index (κ2) is 5.32. The van der Waals surface area contributed by atoms with E-state index >= 15 is 0 Å². The molecule has 106 valence electrons. The summed E-state index contributed by atoms with van der Waals surface area (Å²) in [4.78, 5) is 18.6. The van der Waals surface area contributed by atoms with Crippen LogP contribution in [0, 0.1) is 0 Å². The van der Waals surface area contributed by atoms with Gasteiger partial charge in [0, 0.05) is 29.5 Å². The predicted molar refractivity (Wildman–Crippen MR) is 81.9 cm³/mol. The monoisotopic (exact) mass is 300 g/mol. The molecule has 4 nitrogen and oxygen atoms in total. The summed E-state index contributed by atoms with van der Waals surface area (Å²) in [7, 11) is 0. The molecule has 1 saturated heterocycles. The molecule has 6 heteroatoms. The van der Waals surface area contributed by atoms with Crippen LogP contribution >= 0.6 is 23.1 Å². The van der Waals surface area contributed by atoms with Gasteiger partial charge >= 0.3 is 5.97 Å². The zero-order valence-corrected chi connectivity index (χ0v) is 13.4. The lowest BCUT2D eigenvalue weighted by atomic mass is 9.91. The van der Waals surface area contributed by atoms with Crippen molar-refractivity contribution in [1.82, 2.24) is 4.98 Å². The number of hydrogen-bond acceptors (Lipinski definition) is 5. The van der Waals surface area contributed by atoms with E-state index in [4.69, 9.17) is 0 Å². The van der Waals surface area contributed by atoms with E-state index in [1.165, 1.54) is 11.3 Å². The van der Waals surface area contributed by atoms with Gasteiger partial charge in [0.25, 0.3) is 0 Å². The molecule has 2 heterocycles. The largest absolute Gasteiger partial charge is 0.477 e. The van der Waals surface area contributed by atoms with Gasteiger partial charge in [-0.3, -0.25) is 0 Å². The van der Waals surface area contributed by atoms with Gasteiger partial charge in [-0.2, -0.15) is 11.8 Å². The topological polar surface area (TPSA) is 53.4 Å². The van der Waals surface area contributed by atoms with E-state index in [0.717, 1.165) is 23.2 Å². The lowest BCUT2D eigenvalue weighted by Crippen LogP contribution is -2.40. The second-order valence-corrected chi connectivity index (χ2v) is 7.97. The number of carboxylic acids is 1. The molecule has 1 unspecified atom stereocenters. The van der Waals surface area contributed by atoms with Crippen LogP contribution in [0.4, 0.5) is 5.13 Å². The Kier molecular flexibility index (Phi) is 4.11. The van der Waals surface area contributed by atoms with Crippen LogP contribution in [0.1, 0.15) is 43.1 Å². The Morgan fingerprint density at radius 3 is 2.63 bits per heavy atom. The number of nitrogens with zero attached hydrogens (tertiary/aromatic N) is 2. The summed E-state index contributed by atoms with van der Waals surface area (Å²) in [6, 6.07) is 0.416. The number of aromatic carboxylic acids is 1. The summed E-state index contributed by atoms with van der Waals surface area (Å²) in [6.45, 7) is 9.14. The molecule has 0 amide bonds. The lowest BCUT2D eigenvalue weighted by Gasteiger charge is -2.32. The Morgan fingerprint density at radius 1 is 1.47 bits per heavy atom. The van der Waals surface area contributed by atoms with Gasteiger partial charge < -0.3 is 10.0 Å². The van der Waals surface area contributed by atoms with Crippen molar-refractivity contribution in [2.75, 3.05) is 23.0 Å². The van der Waals surface area contributed by atoms with Crippen LogP contribution in [-0.4, -0.2) is 40.2 Å². The molecule has 1 N–H and O–H groups in total. The minimum atomic E-state index is -0.868. The maximum atomic E-state index is 11.4. The van der Waals surface area contributed by atoms with Crippen LogP contribution in [0.15, 0.2) is 0 Å². The Hall–Kier alpha value is -0.750. The van der Waals surface area contributed by atoms with Crippen molar-refractivity contribution in [1.29, 1.82) is 0 Å². The van der Waals surface area contributed by atoms with E-state index in [1.54, 1.807) is 0 Å². The zero-order chi connectivity index (χ0) is 14.2. The van der Waals surface area contributed by atoms with Gasteiger partial charge in [-0.25, -0.2) is 9.78 Å². The number of aromatic nitrogens is 1. The Bertz CT molecular complexity index is 479. The fourth-order valence-electron chi connectivity index (χ4n) is 2.10. The molecular weight excluding hydrogens is 280 g/mol. The number of rotatable bonds is 2. The van der Waals surface area contributed by atoms with Gasteiger partial charge in [0.05, 0.1) is 5.69 Å². The molecule has 1 atom stereocenters. The molecule has 0 radical (unpaired) electrons. The Labute approximate surface area is 122 Å². The molecule has 1 aromatic heterocycles. The summed E-state index contributed by atoms with van der Waals surface area (Å²) in [5.41, 5.74) is 0.460. The maximum absolute atomic E-state index is 11.4. The minimum absolute atomic E-state index is 0.240. The van der Waals surface area contributed by atoms with E-state index in [0.29, 0.717) is 16.6 Å². The summed E-state index contributed by atoms with van der Waals surface area (Å²) in [5, 5.41) is 10.2. The van der Waals surface area contributed by atoms with Crippen LogP contribution in [0.3, 0.4) is 0 Å². The minimum Gasteiger partial charge on any atom is -0.477 e. The fourth-order valence-corrected chi connectivity index (χ4v) is 4.35. The second-order valence-electron chi connectivity index (χ2n) is 5.85. The van der Waals surface area contributed by atoms with Gasteiger partial charge in [-0.15, -0.1) is 0 Å². The average molecular weight is 300 g/mol. The van der Waals surface area contributed by atoms with Crippen molar-refractivity contribution >= 4 is 34.2 Å². The van der Waals surface area contributed by atoms with E-state index in [9.17, 15) is 9.90 Å². The first-order chi connectivity index (χ1) is 8.80. The Balaban J connectivity index is 2.40. The molecule has 1 aliphatic rings. The normalized spacial score (nSPS) is 20.6. The van der Waals surface area contributed by atoms with E-state index in [-0.39, 0.29) is 5.41 Å². The molecular formula is C13H20N2O2S2. The third-order valence-corrected chi connectivity index (χ3v) is 5.40. The number of thiazole rings is 1. The van der Waals surface area contributed by atoms with Crippen LogP contribution in [0.2, 0.25) is 0 Å². The van der Waals surface area contributed by atoms with Crippen molar-refractivity contribution in [3.05, 3.63) is 10.6 Å². The first-order valence-electron chi connectivity index (χ1n) is 6.39. The molecule has 0 bridgehead atoms. The number of thioether (sulfide) groups is 1. The van der Waals surface area contributed by atoms with Crippen LogP contribution in [0.25, 0.3) is 0 Å². The Morgan fingerprint density at radius 2 is 2.16 bits per heavy atom. The van der Waals surface area contributed by atoms with E-state index in [1.807, 2.05) is 32.5 Å². The molecule has 1 aliphatic heterocycles. The summed E-state index contributed by atoms with van der Waals surface area (Å²) in [6.07, 6.45) is 0. The van der Waals surface area contributed by atoms with Crippen molar-refractivity contribution in [3.8, 4) is 0 Å². The van der Waals surface area contributed by atoms with E-state index < -0.39 is 5.97 Å². The fraction of sp³-hybridized carbons (Fsp3) is 0.692. The van der Waals surface area contributed by atoms with Crippen molar-refractivity contribution < 1.29 is 9.90 Å². The molecule has 0 aliphatic carbocycles. The first kappa shape index (κ1) is 14.7. The number of anilines is 1. The standard InChI is InChI=1S/C13H20N2O2S2/c1-8-7-18-6-5-15(8)12-14-10(13(2,3)4)9(19-12)11(16)17/h8H,5-7H2,1-4H3,(H,16,17). The molecule has 1 fully saturated rings. The van der Waals surface area contributed by atoms with Gasteiger partial charge in [-0.1, -0.05) is 32.1 Å². The van der Waals surface area contributed by atoms with Gasteiger partial charge in [-0.05, 0) is 6.92 Å². The van der Waals surface area contributed by atoms with Gasteiger partial charge in [0.2, 0.25) is 0 Å². The summed E-state index contributed by atoms with van der Waals surface area (Å²) >= 11 is 3.25. The highest BCUT2D eigenvalue weighted by molar-refractivity contribution is 7.99. The maximum Gasteiger partial charge on any atom is 0.347 e. The predicted octanol–water partition coefficient (Wildman–Crippen LogP) is 3.08. The number of carbonyl (C=O) groups is 1. The van der Waals surface area contributed by atoms with Crippen molar-refractivity contribution in [2.24, 2.45) is 0 Å². The lowest BCUT2D eigenvalue weighted by molar-refractivity contribution is 0.0699. The third kappa shape index (κ3) is 3.05. The third-order valence-electron chi connectivity index (χ3n) is 3.13. The van der Waals surface area contributed by atoms with Gasteiger partial charge in [0.1, 0.15) is 4.88 Å². The molecule has 19 heavy (non-hydrogen) atoms. The van der Waals surface area contributed by atoms with Crippen LogP contribution in [-0.2, 0) is 5.41 Å². The molecule has 2 rings (SSSR count). The smallest absolute Gasteiger partial charge is 0.347 e. The van der Waals surface area contributed by atoms with Gasteiger partial charge in [0.15, 0.2) is 5.13 Å². The summed E-state index contributed by atoms with van der Waals surface area (Å²) in [5.74, 6) is 1.29. The van der Waals surface area contributed by atoms with Crippen LogP contribution in [0.5, 0.6) is 0 Å². The number of hydrogen-bond donors (Lipinski definition) is 1. The highest BCUT2D eigenvalue weighted by atomic mass is 32.2. The highest BCUT2D eigenvalue weighted by Gasteiger charge is 2.30.